The van der Waals surface area contributed by atoms with Crippen molar-refractivity contribution in [1.82, 2.24) is 0 Å². The fourth-order valence-electron chi connectivity index (χ4n) is 8.85. The molecule has 6 nitrogen and oxygen atoms in total. The molecule has 0 aromatic carbocycles. The first-order valence-corrected chi connectivity index (χ1v) is 29.2. The topological polar surface area (TPSA) is 78.9 Å². The Morgan fingerprint density at radius 2 is 0.508 bits per heavy atom. The fraction of sp³-hybridized carbons (Fsp3) is 0.915. The Bertz CT molecular complexity index is 1010. The van der Waals surface area contributed by atoms with Gasteiger partial charge in [-0.05, 0) is 44.9 Å². The maximum Gasteiger partial charge on any atom is 0.306 e. The lowest BCUT2D eigenvalue weighted by molar-refractivity contribution is -0.167. The molecule has 0 N–H and O–H groups in total. The van der Waals surface area contributed by atoms with Gasteiger partial charge in [0.2, 0.25) is 0 Å². The van der Waals surface area contributed by atoms with Crippen LogP contribution in [-0.2, 0) is 28.6 Å². The third-order valence-corrected chi connectivity index (χ3v) is 13.3. The van der Waals surface area contributed by atoms with Crippen LogP contribution in [0.5, 0.6) is 0 Å². The van der Waals surface area contributed by atoms with Gasteiger partial charge in [-0.2, -0.15) is 0 Å². The summed E-state index contributed by atoms with van der Waals surface area (Å²) in [6, 6.07) is 0. The maximum absolute atomic E-state index is 12.8. The maximum atomic E-state index is 12.8. The Labute approximate surface area is 405 Å². The average molecular weight is 918 g/mol. The zero-order valence-corrected chi connectivity index (χ0v) is 44.0. The van der Waals surface area contributed by atoms with E-state index in [0.717, 1.165) is 64.2 Å². The second kappa shape index (κ2) is 54.8. The SMILES string of the molecule is CCCCCCCCC/C=C\CCCCCCCC(=O)OC[C@@H](COC(=O)CCCCCCCCCCCCCCCCC)OC(=O)CCCCCCCCCCCCCCCCCC. The van der Waals surface area contributed by atoms with Gasteiger partial charge in [0.15, 0.2) is 6.10 Å². The van der Waals surface area contributed by atoms with Crippen molar-refractivity contribution in [3.63, 3.8) is 0 Å². The van der Waals surface area contributed by atoms with Crippen molar-refractivity contribution in [2.75, 3.05) is 13.2 Å². The predicted octanol–water partition coefficient (Wildman–Crippen LogP) is 19.3. The van der Waals surface area contributed by atoms with Crippen LogP contribution in [0.2, 0.25) is 0 Å². The molecule has 0 rings (SSSR count). The minimum absolute atomic E-state index is 0.0664. The van der Waals surface area contributed by atoms with E-state index in [1.807, 2.05) is 0 Å². The highest BCUT2D eigenvalue weighted by Crippen LogP contribution is 2.17. The van der Waals surface area contributed by atoms with E-state index in [2.05, 4.69) is 32.9 Å². The Kier molecular flexibility index (Phi) is 53.2. The van der Waals surface area contributed by atoms with Gasteiger partial charge in [0.25, 0.3) is 0 Å². The van der Waals surface area contributed by atoms with Crippen LogP contribution >= 0.6 is 0 Å². The van der Waals surface area contributed by atoms with Crippen LogP contribution in [0.15, 0.2) is 12.2 Å². The van der Waals surface area contributed by atoms with Gasteiger partial charge in [0, 0.05) is 19.3 Å². The fourth-order valence-corrected chi connectivity index (χ4v) is 8.85. The third kappa shape index (κ3) is 53.0. The molecule has 0 spiro atoms. The van der Waals surface area contributed by atoms with Crippen molar-refractivity contribution in [2.45, 2.75) is 335 Å². The van der Waals surface area contributed by atoms with E-state index in [-0.39, 0.29) is 31.1 Å². The van der Waals surface area contributed by atoms with Gasteiger partial charge in [-0.1, -0.05) is 277 Å². The zero-order valence-electron chi connectivity index (χ0n) is 44.0. The predicted molar refractivity (Wildman–Crippen MR) is 280 cm³/mol. The molecule has 0 saturated carbocycles. The monoisotopic (exact) mass is 917 g/mol. The van der Waals surface area contributed by atoms with E-state index in [0.29, 0.717) is 19.3 Å². The second-order valence-electron chi connectivity index (χ2n) is 19.9. The van der Waals surface area contributed by atoms with Crippen LogP contribution in [0.1, 0.15) is 329 Å². The lowest BCUT2D eigenvalue weighted by atomic mass is 10.0. The molecular weight excluding hydrogens is 805 g/mol. The molecule has 0 aliphatic carbocycles. The van der Waals surface area contributed by atoms with E-state index < -0.39 is 6.10 Å². The first-order chi connectivity index (χ1) is 32.0. The molecule has 0 aliphatic rings. The number of rotatable bonds is 54. The molecular formula is C59H112O6. The van der Waals surface area contributed by atoms with E-state index in [1.165, 1.54) is 225 Å². The van der Waals surface area contributed by atoms with Crippen molar-refractivity contribution in [1.29, 1.82) is 0 Å². The van der Waals surface area contributed by atoms with Crippen molar-refractivity contribution in [3.05, 3.63) is 12.2 Å². The Morgan fingerprint density at radius 1 is 0.292 bits per heavy atom. The molecule has 0 aliphatic heterocycles. The summed E-state index contributed by atoms with van der Waals surface area (Å²) >= 11 is 0. The minimum Gasteiger partial charge on any atom is -0.462 e. The second-order valence-corrected chi connectivity index (χ2v) is 19.9. The smallest absolute Gasteiger partial charge is 0.306 e. The Balaban J connectivity index is 4.32. The number of hydrogen-bond donors (Lipinski definition) is 0. The molecule has 384 valence electrons. The summed E-state index contributed by atoms with van der Waals surface area (Å²) in [7, 11) is 0. The highest BCUT2D eigenvalue weighted by atomic mass is 16.6. The van der Waals surface area contributed by atoms with E-state index in [1.54, 1.807) is 0 Å². The van der Waals surface area contributed by atoms with Crippen molar-refractivity contribution in [2.24, 2.45) is 0 Å². The summed E-state index contributed by atoms with van der Waals surface area (Å²) in [6.45, 7) is 6.69. The molecule has 0 radical (unpaired) electrons. The van der Waals surface area contributed by atoms with Gasteiger partial charge < -0.3 is 14.2 Å². The van der Waals surface area contributed by atoms with Crippen LogP contribution in [0.3, 0.4) is 0 Å². The quantitative estimate of drug-likeness (QED) is 0.0262. The summed E-state index contributed by atoms with van der Waals surface area (Å²) in [6.07, 6.45) is 62.0. The summed E-state index contributed by atoms with van der Waals surface area (Å²) in [5.41, 5.74) is 0. The Morgan fingerprint density at radius 3 is 0.769 bits per heavy atom. The highest BCUT2D eigenvalue weighted by Gasteiger charge is 2.19. The van der Waals surface area contributed by atoms with Crippen LogP contribution in [-0.4, -0.2) is 37.2 Å². The van der Waals surface area contributed by atoms with Gasteiger partial charge in [-0.3, -0.25) is 14.4 Å². The van der Waals surface area contributed by atoms with Crippen molar-refractivity contribution < 1.29 is 28.6 Å². The number of esters is 3. The average Bonchev–Trinajstić information content (AvgIpc) is 3.30. The molecule has 0 amide bonds. The number of allylic oxidation sites excluding steroid dienone is 2. The van der Waals surface area contributed by atoms with Crippen LogP contribution in [0.4, 0.5) is 0 Å². The van der Waals surface area contributed by atoms with Gasteiger partial charge in [0.05, 0.1) is 0 Å². The van der Waals surface area contributed by atoms with Crippen LogP contribution in [0, 0.1) is 0 Å². The zero-order chi connectivity index (χ0) is 47.2. The summed E-state index contributed by atoms with van der Waals surface area (Å²) in [5.74, 6) is -0.850. The molecule has 0 saturated heterocycles. The summed E-state index contributed by atoms with van der Waals surface area (Å²) < 4.78 is 16.9. The molecule has 1 atom stereocenters. The first-order valence-electron chi connectivity index (χ1n) is 29.2. The normalized spacial score (nSPS) is 12.0. The molecule has 65 heavy (non-hydrogen) atoms. The van der Waals surface area contributed by atoms with Crippen molar-refractivity contribution in [3.8, 4) is 0 Å². The lowest BCUT2D eigenvalue weighted by Crippen LogP contribution is -2.30. The molecule has 0 aromatic rings. The molecule has 0 heterocycles. The Hall–Kier alpha value is -1.85. The number of carbonyl (C=O) groups is 3. The summed E-state index contributed by atoms with van der Waals surface area (Å²) in [4.78, 5) is 38.1. The highest BCUT2D eigenvalue weighted by molar-refractivity contribution is 5.71. The molecule has 0 bridgehead atoms. The summed E-state index contributed by atoms with van der Waals surface area (Å²) in [5, 5.41) is 0. The van der Waals surface area contributed by atoms with Gasteiger partial charge in [-0.25, -0.2) is 0 Å². The van der Waals surface area contributed by atoms with Crippen LogP contribution in [0.25, 0.3) is 0 Å². The standard InChI is InChI=1S/C59H112O6/c1-4-7-10-13-16-19-22-25-28-31-34-37-40-43-46-49-52-58(61)64-55-56(54-63-57(60)51-48-45-42-39-36-33-30-27-24-21-18-15-12-9-6-3)65-59(62)53-50-47-44-41-38-35-32-29-26-23-20-17-14-11-8-5-2/h28,31,56H,4-27,29-30,32-55H2,1-3H3/b31-28-/t56-/m1/s1. The molecule has 6 heteroatoms. The molecule has 0 aromatic heterocycles. The van der Waals surface area contributed by atoms with Gasteiger partial charge in [-0.15, -0.1) is 0 Å². The van der Waals surface area contributed by atoms with Crippen molar-refractivity contribution >= 4 is 17.9 Å². The van der Waals surface area contributed by atoms with Gasteiger partial charge >= 0.3 is 17.9 Å². The molecule has 0 fully saturated rings. The largest absolute Gasteiger partial charge is 0.462 e. The number of ether oxygens (including phenoxy) is 3. The van der Waals surface area contributed by atoms with Gasteiger partial charge in [0.1, 0.15) is 13.2 Å². The van der Waals surface area contributed by atoms with E-state index >= 15 is 0 Å². The number of unbranched alkanes of at least 4 members (excludes halogenated alkanes) is 41. The minimum atomic E-state index is -0.767. The first kappa shape index (κ1) is 63.1. The molecule has 0 unspecified atom stereocenters. The number of carbonyl (C=O) groups excluding carboxylic acids is 3. The van der Waals surface area contributed by atoms with E-state index in [4.69, 9.17) is 14.2 Å². The number of hydrogen-bond acceptors (Lipinski definition) is 6. The third-order valence-electron chi connectivity index (χ3n) is 13.3. The lowest BCUT2D eigenvalue weighted by Gasteiger charge is -2.18. The van der Waals surface area contributed by atoms with E-state index in [9.17, 15) is 14.4 Å². The van der Waals surface area contributed by atoms with Crippen LogP contribution < -0.4 is 0 Å².